The fourth-order valence-electron chi connectivity index (χ4n) is 3.62. The Morgan fingerprint density at radius 2 is 1.77 bits per heavy atom. The van der Waals surface area contributed by atoms with Crippen molar-refractivity contribution in [2.24, 2.45) is 0 Å². The van der Waals surface area contributed by atoms with E-state index in [1.807, 2.05) is 49.4 Å². The molecule has 2 aromatic carbocycles. The van der Waals surface area contributed by atoms with E-state index in [2.05, 4.69) is 5.32 Å². The third-order valence-electron chi connectivity index (χ3n) is 5.29. The maximum Gasteiger partial charge on any atom is 0.287 e. The summed E-state index contributed by atoms with van der Waals surface area (Å²) < 4.78 is 11.1. The first-order chi connectivity index (χ1) is 14.4. The maximum absolute atomic E-state index is 12.6. The average molecular weight is 404 g/mol. The van der Waals surface area contributed by atoms with Crippen LogP contribution in [0.1, 0.15) is 44.5 Å². The molecule has 1 unspecified atom stereocenters. The van der Waals surface area contributed by atoms with Crippen LogP contribution in [0.2, 0.25) is 0 Å². The fourth-order valence-corrected chi connectivity index (χ4v) is 3.62. The number of nitrogens with zero attached hydrogens (tertiary/aromatic N) is 1. The molecule has 154 valence electrons. The zero-order valence-corrected chi connectivity index (χ0v) is 17.3. The Hall–Kier alpha value is -3.54. The molecule has 3 aromatic rings. The number of fused-ring (bicyclic) bond motifs is 1. The standard InChI is InChI=1S/C24H24N2O4/c1-15-10-12-30-22(15)23(27)25-20-11-13-29-21-9-8-18(14-19(20)21)16-4-6-17(7-5-16)24(28)26(2)3/h4-10,12,14,20H,11,13H2,1-3H3,(H,25,27). The normalized spacial score (nSPS) is 15.1. The third kappa shape index (κ3) is 3.81. The Bertz CT molecular complexity index is 1080. The molecule has 0 radical (unpaired) electrons. The van der Waals surface area contributed by atoms with Gasteiger partial charge in [0.15, 0.2) is 5.76 Å². The SMILES string of the molecule is Cc1ccoc1C(=O)NC1CCOc2ccc(-c3ccc(C(=O)N(C)C)cc3)cc21. The van der Waals surface area contributed by atoms with Gasteiger partial charge in [0.05, 0.1) is 18.9 Å². The Kier molecular flexibility index (Phi) is 5.31. The van der Waals surface area contributed by atoms with E-state index in [1.54, 1.807) is 25.1 Å². The molecule has 2 amide bonds. The van der Waals surface area contributed by atoms with Crippen LogP contribution in [0, 0.1) is 6.92 Å². The van der Waals surface area contributed by atoms with Gasteiger partial charge in [-0.2, -0.15) is 0 Å². The zero-order valence-electron chi connectivity index (χ0n) is 17.3. The van der Waals surface area contributed by atoms with E-state index in [0.717, 1.165) is 28.0 Å². The molecule has 1 aliphatic heterocycles. The van der Waals surface area contributed by atoms with Crippen molar-refractivity contribution >= 4 is 11.8 Å². The second kappa shape index (κ2) is 8.06. The lowest BCUT2D eigenvalue weighted by Gasteiger charge is -2.27. The van der Waals surface area contributed by atoms with Crippen molar-refractivity contribution in [2.75, 3.05) is 20.7 Å². The molecule has 4 rings (SSSR count). The van der Waals surface area contributed by atoms with Crippen LogP contribution in [0.4, 0.5) is 0 Å². The minimum absolute atomic E-state index is 0.0311. The van der Waals surface area contributed by atoms with Gasteiger partial charge in [-0.15, -0.1) is 0 Å². The molecule has 0 saturated heterocycles. The summed E-state index contributed by atoms with van der Waals surface area (Å²) >= 11 is 0. The van der Waals surface area contributed by atoms with Gasteiger partial charge in [0, 0.05) is 37.2 Å². The van der Waals surface area contributed by atoms with Crippen LogP contribution in [-0.4, -0.2) is 37.4 Å². The molecule has 0 spiro atoms. The molecule has 0 fully saturated rings. The van der Waals surface area contributed by atoms with E-state index in [9.17, 15) is 9.59 Å². The summed E-state index contributed by atoms with van der Waals surface area (Å²) in [6.45, 7) is 2.38. The molecule has 30 heavy (non-hydrogen) atoms. The molecule has 1 aliphatic rings. The molecular formula is C24H24N2O4. The first-order valence-electron chi connectivity index (χ1n) is 9.88. The van der Waals surface area contributed by atoms with Crippen LogP contribution in [0.15, 0.2) is 59.2 Å². The molecule has 6 nitrogen and oxygen atoms in total. The molecule has 1 atom stereocenters. The van der Waals surface area contributed by atoms with Gasteiger partial charge in [0.2, 0.25) is 0 Å². The van der Waals surface area contributed by atoms with E-state index >= 15 is 0 Å². The van der Waals surface area contributed by atoms with Gasteiger partial charge in [-0.3, -0.25) is 9.59 Å². The molecular weight excluding hydrogens is 380 g/mol. The Morgan fingerprint density at radius 3 is 2.43 bits per heavy atom. The van der Waals surface area contributed by atoms with E-state index in [1.165, 1.54) is 6.26 Å². The number of aryl methyl sites for hydroxylation is 1. The summed E-state index contributed by atoms with van der Waals surface area (Å²) in [5.74, 6) is 0.843. The molecule has 0 saturated carbocycles. The van der Waals surface area contributed by atoms with E-state index < -0.39 is 0 Å². The molecule has 1 N–H and O–H groups in total. The lowest BCUT2D eigenvalue weighted by molar-refractivity contribution is 0.0827. The van der Waals surface area contributed by atoms with Crippen molar-refractivity contribution in [3.63, 3.8) is 0 Å². The minimum atomic E-state index is -0.229. The largest absolute Gasteiger partial charge is 0.493 e. The van der Waals surface area contributed by atoms with Crippen molar-refractivity contribution in [2.45, 2.75) is 19.4 Å². The summed E-state index contributed by atoms with van der Waals surface area (Å²) in [6, 6.07) is 15.1. The predicted octanol–water partition coefficient (Wildman–Crippen LogP) is 4.21. The van der Waals surface area contributed by atoms with E-state index in [4.69, 9.17) is 9.15 Å². The third-order valence-corrected chi connectivity index (χ3v) is 5.29. The number of nitrogens with one attached hydrogen (secondary N) is 1. The first kappa shape index (κ1) is 19.8. The number of hydrogen-bond acceptors (Lipinski definition) is 4. The summed E-state index contributed by atoms with van der Waals surface area (Å²) in [5, 5.41) is 3.07. The number of ether oxygens (including phenoxy) is 1. The summed E-state index contributed by atoms with van der Waals surface area (Å²) in [6.07, 6.45) is 2.20. The van der Waals surface area contributed by atoms with Gasteiger partial charge < -0.3 is 19.4 Å². The van der Waals surface area contributed by atoms with E-state index in [0.29, 0.717) is 24.4 Å². The van der Waals surface area contributed by atoms with Crippen LogP contribution >= 0.6 is 0 Å². The summed E-state index contributed by atoms with van der Waals surface area (Å²) in [7, 11) is 3.47. The Labute approximate surface area is 175 Å². The molecule has 2 heterocycles. The smallest absolute Gasteiger partial charge is 0.287 e. The number of furan rings is 1. The van der Waals surface area contributed by atoms with Crippen LogP contribution in [0.5, 0.6) is 5.75 Å². The van der Waals surface area contributed by atoms with Gasteiger partial charge in [-0.05, 0) is 48.4 Å². The number of carbonyl (C=O) groups excluding carboxylic acids is 2. The average Bonchev–Trinajstić information content (AvgIpc) is 3.19. The second-order valence-corrected chi connectivity index (χ2v) is 7.63. The van der Waals surface area contributed by atoms with Crippen molar-refractivity contribution in [3.8, 4) is 16.9 Å². The highest BCUT2D eigenvalue weighted by molar-refractivity contribution is 5.94. The summed E-state index contributed by atoms with van der Waals surface area (Å²) in [4.78, 5) is 26.3. The van der Waals surface area contributed by atoms with Crippen LogP contribution in [0.3, 0.4) is 0 Å². The van der Waals surface area contributed by atoms with Crippen LogP contribution in [0.25, 0.3) is 11.1 Å². The lowest BCUT2D eigenvalue weighted by atomic mass is 9.95. The number of benzene rings is 2. The highest BCUT2D eigenvalue weighted by Gasteiger charge is 2.25. The van der Waals surface area contributed by atoms with Crippen LogP contribution in [-0.2, 0) is 0 Å². The lowest BCUT2D eigenvalue weighted by Crippen LogP contribution is -2.32. The Balaban J connectivity index is 1.60. The van der Waals surface area contributed by atoms with Gasteiger partial charge in [-0.25, -0.2) is 0 Å². The predicted molar refractivity (Wildman–Crippen MR) is 114 cm³/mol. The van der Waals surface area contributed by atoms with Crippen molar-refractivity contribution in [1.29, 1.82) is 0 Å². The highest BCUT2D eigenvalue weighted by atomic mass is 16.5. The first-order valence-corrected chi connectivity index (χ1v) is 9.88. The number of hydrogen-bond donors (Lipinski definition) is 1. The van der Waals surface area contributed by atoms with Gasteiger partial charge in [0.1, 0.15) is 5.75 Å². The quantitative estimate of drug-likeness (QED) is 0.707. The molecule has 6 heteroatoms. The molecule has 0 aliphatic carbocycles. The zero-order chi connectivity index (χ0) is 21.3. The van der Waals surface area contributed by atoms with Gasteiger partial charge >= 0.3 is 0 Å². The Morgan fingerprint density at radius 1 is 1.03 bits per heavy atom. The fraction of sp³-hybridized carbons (Fsp3) is 0.250. The molecule has 1 aromatic heterocycles. The van der Waals surface area contributed by atoms with Crippen molar-refractivity contribution < 1.29 is 18.7 Å². The monoisotopic (exact) mass is 404 g/mol. The van der Waals surface area contributed by atoms with Gasteiger partial charge in [-0.1, -0.05) is 18.2 Å². The topological polar surface area (TPSA) is 71.8 Å². The molecule has 0 bridgehead atoms. The highest BCUT2D eigenvalue weighted by Crippen LogP contribution is 2.36. The minimum Gasteiger partial charge on any atom is -0.493 e. The maximum atomic E-state index is 12.6. The number of rotatable bonds is 4. The second-order valence-electron chi connectivity index (χ2n) is 7.63. The van der Waals surface area contributed by atoms with E-state index in [-0.39, 0.29) is 17.9 Å². The number of amides is 2. The van der Waals surface area contributed by atoms with Gasteiger partial charge in [0.25, 0.3) is 11.8 Å². The number of carbonyl (C=O) groups is 2. The van der Waals surface area contributed by atoms with Crippen molar-refractivity contribution in [1.82, 2.24) is 10.2 Å². The van der Waals surface area contributed by atoms with Crippen molar-refractivity contribution in [3.05, 3.63) is 77.2 Å². The van der Waals surface area contributed by atoms with Crippen LogP contribution < -0.4 is 10.1 Å². The summed E-state index contributed by atoms with van der Waals surface area (Å²) in [5.41, 5.74) is 4.37.